The summed E-state index contributed by atoms with van der Waals surface area (Å²) in [5.41, 5.74) is 0.229. The Morgan fingerprint density at radius 2 is 2.11 bits per heavy atom. The summed E-state index contributed by atoms with van der Waals surface area (Å²) in [6.07, 6.45) is 1.51. The highest BCUT2D eigenvalue weighted by Gasteiger charge is 2.21. The number of nitrogens with one attached hydrogen (secondary N) is 1. The molecule has 1 heterocycles. The van der Waals surface area contributed by atoms with Gasteiger partial charge in [-0.15, -0.1) is 0 Å². The lowest BCUT2D eigenvalue weighted by Gasteiger charge is -2.17. The first-order valence-electron chi connectivity index (χ1n) is 5.54. The maximum Gasteiger partial charge on any atom is 0.137 e. The van der Waals surface area contributed by atoms with Gasteiger partial charge in [0.25, 0.3) is 0 Å². The average Bonchev–Trinajstić information content (AvgIpc) is 2.85. The second-order valence-corrected chi connectivity index (χ2v) is 4.65. The van der Waals surface area contributed by atoms with E-state index in [0.717, 1.165) is 6.07 Å². The average molecular weight is 316 g/mol. The Morgan fingerprint density at radius 1 is 1.33 bits per heavy atom. The zero-order chi connectivity index (χ0) is 13.1. The van der Waals surface area contributed by atoms with Gasteiger partial charge in [0.15, 0.2) is 0 Å². The molecule has 0 spiro atoms. The highest BCUT2D eigenvalue weighted by atomic mass is 79.9. The van der Waals surface area contributed by atoms with E-state index in [0.29, 0.717) is 12.3 Å². The van der Waals surface area contributed by atoms with Gasteiger partial charge >= 0.3 is 0 Å². The molecule has 1 unspecified atom stereocenters. The highest BCUT2D eigenvalue weighted by Crippen LogP contribution is 2.28. The largest absolute Gasteiger partial charge is 0.467 e. The third kappa shape index (κ3) is 2.62. The van der Waals surface area contributed by atoms with Crippen molar-refractivity contribution in [2.45, 2.75) is 13.0 Å². The summed E-state index contributed by atoms with van der Waals surface area (Å²) in [5.74, 6) is -0.427. The lowest BCUT2D eigenvalue weighted by atomic mass is 10.0. The Labute approximate surface area is 112 Å². The van der Waals surface area contributed by atoms with Crippen molar-refractivity contribution in [3.8, 4) is 0 Å². The van der Waals surface area contributed by atoms with Gasteiger partial charge < -0.3 is 9.73 Å². The van der Waals surface area contributed by atoms with Gasteiger partial charge in [-0.05, 0) is 46.7 Å². The van der Waals surface area contributed by atoms with E-state index in [9.17, 15) is 8.78 Å². The van der Waals surface area contributed by atoms with Crippen LogP contribution in [0.1, 0.15) is 24.3 Å². The van der Waals surface area contributed by atoms with Crippen molar-refractivity contribution in [1.29, 1.82) is 0 Å². The van der Waals surface area contributed by atoms with Crippen molar-refractivity contribution in [1.82, 2.24) is 5.32 Å². The molecule has 1 atom stereocenters. The van der Waals surface area contributed by atoms with E-state index in [4.69, 9.17) is 4.42 Å². The SMILES string of the molecule is CCNC(c1ccco1)c1cc(F)c(Br)cc1F. The monoisotopic (exact) mass is 315 g/mol. The number of furan rings is 1. The van der Waals surface area contributed by atoms with Crippen molar-refractivity contribution in [2.24, 2.45) is 0 Å². The van der Waals surface area contributed by atoms with E-state index >= 15 is 0 Å². The van der Waals surface area contributed by atoms with Crippen LogP contribution >= 0.6 is 15.9 Å². The molecule has 0 aliphatic heterocycles. The molecule has 18 heavy (non-hydrogen) atoms. The second kappa shape index (κ2) is 5.63. The first-order chi connectivity index (χ1) is 8.63. The molecule has 0 radical (unpaired) electrons. The molecule has 1 N–H and O–H groups in total. The quantitative estimate of drug-likeness (QED) is 0.862. The Balaban J connectivity index is 2.46. The normalized spacial score (nSPS) is 12.7. The summed E-state index contributed by atoms with van der Waals surface area (Å²) >= 11 is 2.96. The molecule has 0 fully saturated rings. The van der Waals surface area contributed by atoms with E-state index in [1.54, 1.807) is 12.1 Å². The van der Waals surface area contributed by atoms with E-state index < -0.39 is 17.7 Å². The van der Waals surface area contributed by atoms with E-state index in [1.807, 2.05) is 6.92 Å². The first kappa shape index (κ1) is 13.2. The maximum atomic E-state index is 13.9. The van der Waals surface area contributed by atoms with Crippen molar-refractivity contribution < 1.29 is 13.2 Å². The number of halogens is 3. The lowest BCUT2D eigenvalue weighted by molar-refractivity contribution is 0.439. The van der Waals surface area contributed by atoms with Crippen LogP contribution in [0.25, 0.3) is 0 Å². The molecule has 0 saturated heterocycles. The number of hydrogen-bond acceptors (Lipinski definition) is 2. The number of rotatable bonds is 4. The van der Waals surface area contributed by atoms with E-state index in [2.05, 4.69) is 21.2 Å². The molecule has 2 nitrogen and oxygen atoms in total. The van der Waals surface area contributed by atoms with Crippen LogP contribution in [0.2, 0.25) is 0 Å². The fraction of sp³-hybridized carbons (Fsp3) is 0.231. The smallest absolute Gasteiger partial charge is 0.137 e. The first-order valence-corrected chi connectivity index (χ1v) is 6.34. The van der Waals surface area contributed by atoms with Gasteiger partial charge in [0.05, 0.1) is 16.8 Å². The van der Waals surface area contributed by atoms with Gasteiger partial charge in [0, 0.05) is 5.56 Å². The molecular formula is C13H12BrF2NO. The molecule has 2 aromatic rings. The van der Waals surface area contributed by atoms with Gasteiger partial charge in [-0.3, -0.25) is 0 Å². The number of benzene rings is 1. The summed E-state index contributed by atoms with van der Waals surface area (Å²) in [5, 5.41) is 3.07. The molecule has 0 bridgehead atoms. The zero-order valence-corrected chi connectivity index (χ0v) is 11.3. The van der Waals surface area contributed by atoms with Crippen LogP contribution in [0.3, 0.4) is 0 Å². The van der Waals surface area contributed by atoms with Crippen LogP contribution in [-0.4, -0.2) is 6.54 Å². The Bertz CT molecular complexity index is 528. The van der Waals surface area contributed by atoms with Gasteiger partial charge in [-0.1, -0.05) is 6.92 Å². The molecule has 2 rings (SSSR count). The van der Waals surface area contributed by atoms with Gasteiger partial charge in [0.2, 0.25) is 0 Å². The zero-order valence-electron chi connectivity index (χ0n) is 9.71. The maximum absolute atomic E-state index is 13.9. The third-order valence-corrected chi connectivity index (χ3v) is 3.19. The van der Waals surface area contributed by atoms with Crippen LogP contribution in [-0.2, 0) is 0 Å². The minimum atomic E-state index is -0.499. The fourth-order valence-corrected chi connectivity index (χ4v) is 2.10. The molecule has 0 saturated carbocycles. The minimum absolute atomic E-state index is 0.110. The predicted molar refractivity (Wildman–Crippen MR) is 68.3 cm³/mol. The topological polar surface area (TPSA) is 25.2 Å². The van der Waals surface area contributed by atoms with Crippen LogP contribution < -0.4 is 5.32 Å². The van der Waals surface area contributed by atoms with Crippen molar-refractivity contribution in [3.63, 3.8) is 0 Å². The molecule has 1 aromatic carbocycles. The molecule has 1 aromatic heterocycles. The summed E-state index contributed by atoms with van der Waals surface area (Å²) < 4.78 is 32.8. The third-order valence-electron chi connectivity index (χ3n) is 2.59. The van der Waals surface area contributed by atoms with Crippen LogP contribution in [0, 0.1) is 11.6 Å². The molecule has 0 aliphatic rings. The predicted octanol–water partition coefficient (Wildman–Crippen LogP) is 4.02. The van der Waals surface area contributed by atoms with Crippen LogP contribution in [0.4, 0.5) is 8.78 Å². The van der Waals surface area contributed by atoms with Crippen LogP contribution in [0.5, 0.6) is 0 Å². The Hall–Kier alpha value is -1.20. The summed E-state index contributed by atoms with van der Waals surface area (Å²) in [4.78, 5) is 0. The van der Waals surface area contributed by atoms with E-state index in [-0.39, 0.29) is 10.0 Å². The Kier molecular flexibility index (Phi) is 4.14. The molecular weight excluding hydrogens is 304 g/mol. The summed E-state index contributed by atoms with van der Waals surface area (Å²) in [6.45, 7) is 2.51. The highest BCUT2D eigenvalue weighted by molar-refractivity contribution is 9.10. The fourth-order valence-electron chi connectivity index (χ4n) is 1.78. The van der Waals surface area contributed by atoms with Crippen molar-refractivity contribution in [3.05, 3.63) is 58.0 Å². The van der Waals surface area contributed by atoms with Gasteiger partial charge in [-0.2, -0.15) is 0 Å². The molecule has 96 valence electrons. The molecule has 5 heteroatoms. The van der Waals surface area contributed by atoms with E-state index in [1.165, 1.54) is 12.3 Å². The molecule has 0 amide bonds. The van der Waals surface area contributed by atoms with Gasteiger partial charge in [-0.25, -0.2) is 8.78 Å². The van der Waals surface area contributed by atoms with Crippen molar-refractivity contribution in [2.75, 3.05) is 6.54 Å². The summed E-state index contributed by atoms with van der Waals surface area (Å²) in [7, 11) is 0. The minimum Gasteiger partial charge on any atom is -0.467 e. The van der Waals surface area contributed by atoms with Crippen molar-refractivity contribution >= 4 is 15.9 Å². The molecule has 0 aliphatic carbocycles. The van der Waals surface area contributed by atoms with Gasteiger partial charge in [0.1, 0.15) is 17.4 Å². The Morgan fingerprint density at radius 3 is 2.72 bits per heavy atom. The second-order valence-electron chi connectivity index (χ2n) is 3.79. The number of hydrogen-bond donors (Lipinski definition) is 1. The van der Waals surface area contributed by atoms with Crippen LogP contribution in [0.15, 0.2) is 39.4 Å². The standard InChI is InChI=1S/C13H12BrF2NO/c1-2-17-13(12-4-3-5-18-12)8-6-11(16)9(14)7-10(8)15/h3-7,13,17H,2H2,1H3. The lowest BCUT2D eigenvalue weighted by Crippen LogP contribution is -2.22. The summed E-state index contributed by atoms with van der Waals surface area (Å²) in [6, 6.07) is 5.25.